The summed E-state index contributed by atoms with van der Waals surface area (Å²) in [5.74, 6) is 2.62. The maximum atomic E-state index is 12.2. The molecule has 6 aromatic heterocycles. The number of nitrogens with zero attached hydrogens (tertiary/aromatic N) is 13. The van der Waals surface area contributed by atoms with Gasteiger partial charge in [-0.15, -0.1) is 0 Å². The summed E-state index contributed by atoms with van der Waals surface area (Å²) in [6, 6.07) is 16.6. The molecule has 2 amide bonds. The van der Waals surface area contributed by atoms with Gasteiger partial charge in [0.2, 0.25) is 17.8 Å². The molecule has 20 heteroatoms. The molecule has 6 heterocycles. The van der Waals surface area contributed by atoms with Crippen LogP contribution >= 0.6 is 0 Å². The number of likely N-dealkylation sites (N-methyl/N-ethyl adjacent to an activating group) is 1. The molecular weight excluding hydrogens is 865 g/mol. The quantitative estimate of drug-likeness (QED) is 0.129. The molecule has 348 valence electrons. The van der Waals surface area contributed by atoms with E-state index < -0.39 is 0 Å². The van der Waals surface area contributed by atoms with Crippen molar-refractivity contribution in [1.29, 1.82) is 0 Å². The van der Waals surface area contributed by atoms with Crippen molar-refractivity contribution in [2.24, 2.45) is 0 Å². The van der Waals surface area contributed by atoms with Gasteiger partial charge in [-0.2, -0.15) is 20.2 Å². The van der Waals surface area contributed by atoms with E-state index in [1.165, 1.54) is 4.90 Å². The summed E-state index contributed by atoms with van der Waals surface area (Å²) in [4.78, 5) is 51.7. The second kappa shape index (κ2) is 18.3. The number of nitrogen functional groups attached to an aromatic ring is 2. The van der Waals surface area contributed by atoms with Gasteiger partial charge in [-0.05, 0) is 63.1 Å². The molecule has 0 unspecified atom stereocenters. The van der Waals surface area contributed by atoms with E-state index in [1.807, 2.05) is 32.9 Å². The van der Waals surface area contributed by atoms with Crippen molar-refractivity contribution < 1.29 is 18.6 Å². The standard InChI is InChI=1S/C25H28N8O2.C23H24N8O2/c1-24(2,3)31-20(34)15-33-14-18(13-29-33)21-30-22(32-35-21)25(9-4-10-25)19-7-5-16(6-8-19)17-11-27-23(26)28-12-17;1-30(2)20(32)14-31-13-16(10-27-31)21-28-22(29-33-21)23(8-3-9-23)17-6-4-15(5-7-17)18-11-26-19(24)12-25-18/h5-8,11-14H,4,9-10,15H2,1-3H3,(H,31,34)(H2,26,27,28);4-7,10-13H,3,8-9,14H2,1-2H3,(H2,24,26). The summed E-state index contributed by atoms with van der Waals surface area (Å²) in [5.41, 5.74) is 17.7. The van der Waals surface area contributed by atoms with Crippen molar-refractivity contribution in [3.8, 4) is 45.3 Å². The van der Waals surface area contributed by atoms with Gasteiger partial charge in [0.1, 0.15) is 18.9 Å². The first-order chi connectivity index (χ1) is 32.7. The van der Waals surface area contributed by atoms with Crippen molar-refractivity contribution in [3.63, 3.8) is 0 Å². The molecular formula is C48H52N16O4. The SMILES string of the molecule is CC(C)(C)NC(=O)Cn1cc(-c2nc(C3(c4ccc(-c5cnc(N)nc5)cc4)CCC3)no2)cn1.CN(C)C(=O)Cn1cc(-c2nc(C3(c4ccc(-c5cnc(N)cn5)cc4)CCC3)no2)cn1. The molecule has 2 saturated carbocycles. The summed E-state index contributed by atoms with van der Waals surface area (Å²) >= 11 is 0. The Hall–Kier alpha value is -8.16. The topological polar surface area (TPSA) is 266 Å². The molecule has 2 aliphatic rings. The molecule has 0 bridgehead atoms. The minimum Gasteiger partial charge on any atom is -0.382 e. The number of aromatic nitrogens is 12. The van der Waals surface area contributed by atoms with E-state index in [2.05, 4.69) is 82.2 Å². The molecule has 8 aromatic rings. The Bertz CT molecular complexity index is 3010. The number of hydrogen-bond donors (Lipinski definition) is 3. The molecule has 2 aliphatic carbocycles. The molecule has 0 aliphatic heterocycles. The highest BCUT2D eigenvalue weighted by molar-refractivity contribution is 5.76. The fourth-order valence-electron chi connectivity index (χ4n) is 8.34. The largest absolute Gasteiger partial charge is 0.382 e. The predicted octanol–water partition coefficient (Wildman–Crippen LogP) is 5.89. The summed E-state index contributed by atoms with van der Waals surface area (Å²) in [7, 11) is 3.43. The molecule has 5 N–H and O–H groups in total. The maximum Gasteiger partial charge on any atom is 0.261 e. The molecule has 10 rings (SSSR count). The molecule has 0 spiro atoms. The lowest BCUT2D eigenvalue weighted by Crippen LogP contribution is -2.42. The lowest BCUT2D eigenvalue weighted by Gasteiger charge is -2.39. The number of rotatable bonds is 12. The van der Waals surface area contributed by atoms with Crippen LogP contribution in [-0.2, 0) is 33.5 Å². The Morgan fingerprint density at radius 3 is 1.62 bits per heavy atom. The van der Waals surface area contributed by atoms with Crippen molar-refractivity contribution in [2.45, 2.75) is 88.8 Å². The van der Waals surface area contributed by atoms with Crippen LogP contribution in [-0.4, -0.2) is 96.1 Å². The van der Waals surface area contributed by atoms with Crippen LogP contribution in [0, 0.1) is 0 Å². The Labute approximate surface area is 391 Å². The smallest absolute Gasteiger partial charge is 0.261 e. The number of nitrogens with one attached hydrogen (secondary N) is 1. The molecule has 0 radical (unpaired) electrons. The molecule has 20 nitrogen and oxygen atoms in total. The number of amides is 2. The fourth-order valence-corrected chi connectivity index (χ4v) is 8.34. The van der Waals surface area contributed by atoms with Crippen molar-refractivity contribution >= 4 is 23.6 Å². The summed E-state index contributed by atoms with van der Waals surface area (Å²) in [6.45, 7) is 6.09. The van der Waals surface area contributed by atoms with Crippen LogP contribution in [0.3, 0.4) is 0 Å². The number of hydrogen-bond acceptors (Lipinski definition) is 16. The Kier molecular flexibility index (Phi) is 12.1. The van der Waals surface area contributed by atoms with Crippen LogP contribution in [0.15, 0.2) is 107 Å². The second-order valence-electron chi connectivity index (χ2n) is 18.5. The van der Waals surface area contributed by atoms with Gasteiger partial charge in [0.05, 0.1) is 52.4 Å². The lowest BCUT2D eigenvalue weighted by atomic mass is 9.64. The minimum atomic E-state index is -0.299. The van der Waals surface area contributed by atoms with Gasteiger partial charge >= 0.3 is 0 Å². The third kappa shape index (κ3) is 9.42. The summed E-state index contributed by atoms with van der Waals surface area (Å²) < 4.78 is 14.3. The normalized spacial score (nSPS) is 14.8. The Morgan fingerprint density at radius 2 is 1.16 bits per heavy atom. The first-order valence-electron chi connectivity index (χ1n) is 22.3. The van der Waals surface area contributed by atoms with Crippen molar-refractivity contribution in [2.75, 3.05) is 25.6 Å². The van der Waals surface area contributed by atoms with Crippen molar-refractivity contribution in [1.82, 2.24) is 70.0 Å². The van der Waals surface area contributed by atoms with E-state index in [0.717, 1.165) is 72.0 Å². The van der Waals surface area contributed by atoms with Gasteiger partial charge < -0.3 is 30.7 Å². The number of carbonyl (C=O) groups excluding carboxylic acids is 2. The number of nitrogens with two attached hydrogens (primary N) is 2. The maximum absolute atomic E-state index is 12.2. The number of benzene rings is 2. The van der Waals surface area contributed by atoms with Gasteiger partial charge in [0.15, 0.2) is 11.6 Å². The first-order valence-corrected chi connectivity index (χ1v) is 22.3. The average Bonchev–Trinajstić information content (AvgIpc) is 4.13. The first kappa shape index (κ1) is 45.0. The van der Waals surface area contributed by atoms with E-state index in [4.69, 9.17) is 30.5 Å². The van der Waals surface area contributed by atoms with Crippen LogP contribution in [0.4, 0.5) is 11.8 Å². The van der Waals surface area contributed by atoms with Crippen LogP contribution in [0.5, 0.6) is 0 Å². The minimum absolute atomic E-state index is 0.0438. The number of carbonyl (C=O) groups is 2. The van der Waals surface area contributed by atoms with Gasteiger partial charge in [0, 0.05) is 55.5 Å². The lowest BCUT2D eigenvalue weighted by molar-refractivity contribution is -0.129. The van der Waals surface area contributed by atoms with E-state index >= 15 is 0 Å². The molecule has 2 aromatic carbocycles. The van der Waals surface area contributed by atoms with Crippen LogP contribution in [0.1, 0.15) is 82.1 Å². The van der Waals surface area contributed by atoms with Crippen LogP contribution in [0.25, 0.3) is 45.3 Å². The highest BCUT2D eigenvalue weighted by Gasteiger charge is 2.46. The van der Waals surface area contributed by atoms with Gasteiger partial charge in [0.25, 0.3) is 11.8 Å². The Balaban J connectivity index is 0.000000170. The summed E-state index contributed by atoms with van der Waals surface area (Å²) in [6.07, 6.45) is 19.4. The average molecular weight is 917 g/mol. The fraction of sp³-hybridized carbons (Fsp3) is 0.333. The van der Waals surface area contributed by atoms with Crippen LogP contribution in [0.2, 0.25) is 0 Å². The second-order valence-corrected chi connectivity index (χ2v) is 18.5. The highest BCUT2D eigenvalue weighted by Crippen LogP contribution is 2.49. The van der Waals surface area contributed by atoms with E-state index in [9.17, 15) is 9.59 Å². The van der Waals surface area contributed by atoms with Gasteiger partial charge in [-0.3, -0.25) is 23.9 Å². The monoisotopic (exact) mass is 916 g/mol. The zero-order valence-corrected chi connectivity index (χ0v) is 38.5. The van der Waals surface area contributed by atoms with Crippen molar-refractivity contribution in [3.05, 3.63) is 121 Å². The number of anilines is 2. The van der Waals surface area contributed by atoms with Gasteiger partial charge in [-0.25, -0.2) is 15.0 Å². The highest BCUT2D eigenvalue weighted by atomic mass is 16.5. The molecule has 68 heavy (non-hydrogen) atoms. The Morgan fingerprint density at radius 1 is 0.647 bits per heavy atom. The zero-order valence-electron chi connectivity index (χ0n) is 38.5. The zero-order chi connectivity index (χ0) is 47.6. The molecule has 2 fully saturated rings. The van der Waals surface area contributed by atoms with Crippen LogP contribution < -0.4 is 16.8 Å². The third-order valence-electron chi connectivity index (χ3n) is 12.3. The molecule has 0 saturated heterocycles. The third-order valence-corrected chi connectivity index (χ3v) is 12.3. The van der Waals surface area contributed by atoms with E-state index in [0.29, 0.717) is 40.4 Å². The van der Waals surface area contributed by atoms with Gasteiger partial charge in [-0.1, -0.05) is 71.7 Å². The van der Waals surface area contributed by atoms with E-state index in [-0.39, 0.29) is 47.2 Å². The summed E-state index contributed by atoms with van der Waals surface area (Å²) in [5, 5.41) is 20.1. The molecule has 0 atom stereocenters. The van der Waals surface area contributed by atoms with E-state index in [1.54, 1.807) is 73.0 Å². The predicted molar refractivity (Wildman–Crippen MR) is 251 cm³/mol.